The van der Waals surface area contributed by atoms with Crippen LogP contribution in [0.1, 0.15) is 26.3 Å². The van der Waals surface area contributed by atoms with Gasteiger partial charge in [-0.15, -0.1) is 0 Å². The fraction of sp³-hybridized carbons (Fsp3) is 0.600. The highest BCUT2D eigenvalue weighted by Crippen LogP contribution is 2.20. The van der Waals surface area contributed by atoms with Crippen molar-refractivity contribution < 1.29 is 13.2 Å². The number of sulfonamides is 1. The first-order valence-corrected chi connectivity index (χ1v) is 8.72. The van der Waals surface area contributed by atoms with Gasteiger partial charge in [0.25, 0.3) is 0 Å². The molecule has 0 radical (unpaired) electrons. The molecule has 0 spiro atoms. The van der Waals surface area contributed by atoms with Crippen LogP contribution in [0.25, 0.3) is 0 Å². The monoisotopic (exact) mass is 314 g/mol. The van der Waals surface area contributed by atoms with E-state index in [1.54, 1.807) is 32.2 Å². The number of nitrogens with zero attached hydrogens (tertiary/aromatic N) is 1. The minimum Gasteiger partial charge on any atom is -0.497 e. The highest BCUT2D eigenvalue weighted by Gasteiger charge is 2.19. The molecule has 0 aliphatic rings. The van der Waals surface area contributed by atoms with Gasteiger partial charge in [-0.1, -0.05) is 13.8 Å². The van der Waals surface area contributed by atoms with Gasteiger partial charge in [0.1, 0.15) is 5.75 Å². The Morgan fingerprint density at radius 3 is 2.38 bits per heavy atom. The van der Waals surface area contributed by atoms with Crippen LogP contribution in [0.4, 0.5) is 0 Å². The number of hydrogen-bond acceptors (Lipinski definition) is 4. The van der Waals surface area contributed by atoms with Crippen LogP contribution in [0.2, 0.25) is 0 Å². The average molecular weight is 314 g/mol. The molecule has 120 valence electrons. The Balaban J connectivity index is 2.83. The van der Waals surface area contributed by atoms with Gasteiger partial charge in [-0.05, 0) is 50.7 Å². The average Bonchev–Trinajstić information content (AvgIpc) is 2.46. The lowest BCUT2D eigenvalue weighted by Crippen LogP contribution is -2.42. The zero-order chi connectivity index (χ0) is 16.0. The van der Waals surface area contributed by atoms with Gasteiger partial charge in [0.2, 0.25) is 10.0 Å². The molecule has 1 rings (SSSR count). The van der Waals surface area contributed by atoms with Crippen molar-refractivity contribution in [2.75, 3.05) is 26.7 Å². The third kappa shape index (κ3) is 4.69. The number of rotatable bonds is 8. The van der Waals surface area contributed by atoms with Gasteiger partial charge in [-0.25, -0.2) is 13.1 Å². The first-order chi connectivity index (χ1) is 9.85. The van der Waals surface area contributed by atoms with Crippen LogP contribution in [0.3, 0.4) is 0 Å². The van der Waals surface area contributed by atoms with E-state index in [-0.39, 0.29) is 6.04 Å². The number of ether oxygens (including phenoxy) is 1. The van der Waals surface area contributed by atoms with Gasteiger partial charge >= 0.3 is 0 Å². The Hall–Kier alpha value is -1.11. The van der Waals surface area contributed by atoms with Gasteiger partial charge in [0.15, 0.2) is 0 Å². The summed E-state index contributed by atoms with van der Waals surface area (Å²) >= 11 is 0. The van der Waals surface area contributed by atoms with Gasteiger partial charge < -0.3 is 4.74 Å². The van der Waals surface area contributed by atoms with E-state index in [0.29, 0.717) is 22.8 Å². The number of benzene rings is 1. The highest BCUT2D eigenvalue weighted by molar-refractivity contribution is 7.89. The Labute approximate surface area is 128 Å². The van der Waals surface area contributed by atoms with Gasteiger partial charge in [0.05, 0.1) is 12.0 Å². The van der Waals surface area contributed by atoms with Crippen LogP contribution < -0.4 is 9.46 Å². The van der Waals surface area contributed by atoms with Crippen molar-refractivity contribution in [1.29, 1.82) is 0 Å². The second-order valence-electron chi connectivity index (χ2n) is 5.05. The molecule has 0 bridgehead atoms. The third-order valence-electron chi connectivity index (χ3n) is 3.68. The molecule has 0 fully saturated rings. The summed E-state index contributed by atoms with van der Waals surface area (Å²) in [6.07, 6.45) is 0. The molecule has 0 saturated carbocycles. The van der Waals surface area contributed by atoms with E-state index in [1.165, 1.54) is 0 Å². The van der Waals surface area contributed by atoms with Crippen LogP contribution in [0.5, 0.6) is 5.75 Å². The zero-order valence-corrected chi connectivity index (χ0v) is 14.3. The summed E-state index contributed by atoms with van der Waals surface area (Å²) in [6.45, 7) is 10.1. The largest absolute Gasteiger partial charge is 0.497 e. The predicted octanol–water partition coefficient (Wildman–Crippen LogP) is 2.01. The Morgan fingerprint density at radius 1 is 1.29 bits per heavy atom. The fourth-order valence-corrected chi connectivity index (χ4v) is 3.68. The second kappa shape index (κ2) is 7.77. The maximum absolute atomic E-state index is 12.4. The zero-order valence-electron chi connectivity index (χ0n) is 13.5. The van der Waals surface area contributed by atoms with Crippen LogP contribution in [-0.2, 0) is 10.0 Å². The molecule has 0 amide bonds. The van der Waals surface area contributed by atoms with Gasteiger partial charge in [-0.3, -0.25) is 4.90 Å². The lowest BCUT2D eigenvalue weighted by Gasteiger charge is -2.26. The summed E-state index contributed by atoms with van der Waals surface area (Å²) in [7, 11) is -1.93. The minimum absolute atomic E-state index is 0.160. The SMILES string of the molecule is CCN(CC)C(C)CNS(=O)(=O)c1ccc(OC)cc1C. The van der Waals surface area contributed by atoms with E-state index >= 15 is 0 Å². The standard InChI is InChI=1S/C15H26N2O3S/c1-6-17(7-2)13(4)11-16-21(18,19)15-9-8-14(20-5)10-12(15)3/h8-10,13,16H,6-7,11H2,1-5H3. The van der Waals surface area contributed by atoms with E-state index in [4.69, 9.17) is 4.74 Å². The third-order valence-corrected chi connectivity index (χ3v) is 5.26. The lowest BCUT2D eigenvalue weighted by atomic mass is 10.2. The number of hydrogen-bond donors (Lipinski definition) is 1. The van der Waals surface area contributed by atoms with Crippen molar-refractivity contribution >= 4 is 10.0 Å². The molecule has 0 aliphatic carbocycles. The van der Waals surface area contributed by atoms with E-state index in [2.05, 4.69) is 23.5 Å². The van der Waals surface area contributed by atoms with Crippen molar-refractivity contribution in [3.05, 3.63) is 23.8 Å². The Kier molecular flexibility index (Phi) is 6.64. The van der Waals surface area contributed by atoms with Crippen molar-refractivity contribution in [3.8, 4) is 5.75 Å². The lowest BCUT2D eigenvalue weighted by molar-refractivity contribution is 0.232. The summed E-state index contributed by atoms with van der Waals surface area (Å²) in [4.78, 5) is 2.51. The maximum Gasteiger partial charge on any atom is 0.240 e. The van der Waals surface area contributed by atoms with E-state index in [1.807, 2.05) is 6.92 Å². The van der Waals surface area contributed by atoms with Crippen LogP contribution >= 0.6 is 0 Å². The Morgan fingerprint density at radius 2 is 1.90 bits per heavy atom. The highest BCUT2D eigenvalue weighted by atomic mass is 32.2. The van der Waals surface area contributed by atoms with E-state index < -0.39 is 10.0 Å². The number of methoxy groups -OCH3 is 1. The molecule has 1 unspecified atom stereocenters. The van der Waals surface area contributed by atoms with Gasteiger partial charge in [-0.2, -0.15) is 0 Å². The summed E-state index contributed by atoms with van der Waals surface area (Å²) in [6, 6.07) is 5.13. The van der Waals surface area contributed by atoms with Gasteiger partial charge in [0, 0.05) is 12.6 Å². The molecule has 0 saturated heterocycles. The first-order valence-electron chi connectivity index (χ1n) is 7.24. The minimum atomic E-state index is -3.49. The van der Waals surface area contributed by atoms with Crippen molar-refractivity contribution in [1.82, 2.24) is 9.62 Å². The van der Waals surface area contributed by atoms with E-state index in [0.717, 1.165) is 13.1 Å². The molecule has 21 heavy (non-hydrogen) atoms. The molecule has 6 heteroatoms. The summed E-state index contributed by atoms with van der Waals surface area (Å²) < 4.78 is 32.6. The smallest absolute Gasteiger partial charge is 0.240 e. The number of aryl methyl sites for hydroxylation is 1. The van der Waals surface area contributed by atoms with E-state index in [9.17, 15) is 8.42 Å². The van der Waals surface area contributed by atoms with Crippen molar-refractivity contribution in [3.63, 3.8) is 0 Å². The first kappa shape index (κ1) is 17.9. The molecular formula is C15H26N2O3S. The number of likely N-dealkylation sites (N-methyl/N-ethyl adjacent to an activating group) is 1. The summed E-state index contributed by atoms with van der Waals surface area (Å²) in [5, 5.41) is 0. The molecule has 1 N–H and O–H groups in total. The molecule has 1 atom stereocenters. The quantitative estimate of drug-likeness (QED) is 0.797. The molecular weight excluding hydrogens is 288 g/mol. The molecule has 1 aromatic rings. The summed E-state index contributed by atoms with van der Waals surface area (Å²) in [5.74, 6) is 0.656. The molecule has 0 aromatic heterocycles. The normalized spacial score (nSPS) is 13.4. The Bertz CT molecular complexity index is 554. The molecule has 0 heterocycles. The fourth-order valence-electron chi connectivity index (χ4n) is 2.33. The number of nitrogens with one attached hydrogen (secondary N) is 1. The predicted molar refractivity (Wildman–Crippen MR) is 85.3 cm³/mol. The molecule has 1 aromatic carbocycles. The topological polar surface area (TPSA) is 58.6 Å². The van der Waals surface area contributed by atoms with Crippen LogP contribution in [0.15, 0.2) is 23.1 Å². The molecule has 5 nitrogen and oxygen atoms in total. The summed E-state index contributed by atoms with van der Waals surface area (Å²) in [5.41, 5.74) is 0.678. The molecule has 0 aliphatic heterocycles. The van der Waals surface area contributed by atoms with Crippen LogP contribution in [0, 0.1) is 6.92 Å². The van der Waals surface area contributed by atoms with Crippen molar-refractivity contribution in [2.45, 2.75) is 38.6 Å². The maximum atomic E-state index is 12.4. The second-order valence-corrected chi connectivity index (χ2v) is 6.79. The van der Waals surface area contributed by atoms with Crippen LogP contribution in [-0.4, -0.2) is 46.1 Å². The van der Waals surface area contributed by atoms with Crippen molar-refractivity contribution in [2.24, 2.45) is 0 Å².